The Labute approximate surface area is 105 Å². The molecule has 0 saturated carbocycles. The molecule has 0 aliphatic carbocycles. The molecule has 0 aliphatic rings. The summed E-state index contributed by atoms with van der Waals surface area (Å²) < 4.78 is 1.22. The molecule has 0 aliphatic heterocycles. The Morgan fingerprint density at radius 2 is 2.00 bits per heavy atom. The lowest BCUT2D eigenvalue weighted by molar-refractivity contribution is 0.424. The summed E-state index contributed by atoms with van der Waals surface area (Å²) in [5, 5.41) is 3.60. The molecule has 86 valence electrons. The number of hydrogen-bond acceptors (Lipinski definition) is 2. The second-order valence-electron chi connectivity index (χ2n) is 3.95. The second kappa shape index (κ2) is 6.66. The predicted octanol–water partition coefficient (Wildman–Crippen LogP) is 4.60. The van der Waals surface area contributed by atoms with Gasteiger partial charge >= 0.3 is 0 Å². The first-order valence-electron chi connectivity index (χ1n) is 5.66. The fourth-order valence-electron chi connectivity index (χ4n) is 1.58. The van der Waals surface area contributed by atoms with Crippen molar-refractivity contribution in [3.05, 3.63) is 20.8 Å². The van der Waals surface area contributed by atoms with Gasteiger partial charge in [-0.25, -0.2) is 0 Å². The van der Waals surface area contributed by atoms with Crippen LogP contribution < -0.4 is 5.32 Å². The Kier molecular flexibility index (Phi) is 5.87. The third kappa shape index (κ3) is 4.25. The van der Waals surface area contributed by atoms with Gasteiger partial charge in [-0.2, -0.15) is 0 Å². The molecule has 1 aromatic heterocycles. The third-order valence-corrected chi connectivity index (χ3v) is 4.69. The summed E-state index contributed by atoms with van der Waals surface area (Å²) in [6.45, 7) is 7.90. The van der Waals surface area contributed by atoms with Crippen molar-refractivity contribution < 1.29 is 0 Å². The molecule has 1 atom stereocenters. The van der Waals surface area contributed by atoms with E-state index in [1.807, 2.05) is 11.3 Å². The van der Waals surface area contributed by atoms with Crippen LogP contribution in [-0.4, -0.2) is 6.54 Å². The molecule has 0 amide bonds. The Morgan fingerprint density at radius 3 is 2.47 bits per heavy atom. The fourth-order valence-corrected chi connectivity index (χ4v) is 3.03. The van der Waals surface area contributed by atoms with Crippen LogP contribution in [0.1, 0.15) is 44.5 Å². The van der Waals surface area contributed by atoms with E-state index in [0.29, 0.717) is 6.04 Å². The average molecular weight is 290 g/mol. The fraction of sp³-hybridized carbons (Fsp3) is 0.667. The van der Waals surface area contributed by atoms with Crippen LogP contribution in [0.2, 0.25) is 0 Å². The first-order valence-corrected chi connectivity index (χ1v) is 7.26. The van der Waals surface area contributed by atoms with Crippen molar-refractivity contribution in [1.82, 2.24) is 5.32 Å². The van der Waals surface area contributed by atoms with Crippen LogP contribution in [0.4, 0.5) is 0 Å². The van der Waals surface area contributed by atoms with Crippen molar-refractivity contribution in [3.8, 4) is 0 Å². The van der Waals surface area contributed by atoms with Gasteiger partial charge in [0.25, 0.3) is 0 Å². The van der Waals surface area contributed by atoms with Gasteiger partial charge < -0.3 is 5.32 Å². The molecule has 1 N–H and O–H groups in total. The minimum atomic E-state index is 0.474. The Balaban J connectivity index is 2.39. The third-order valence-electron chi connectivity index (χ3n) is 2.89. The summed E-state index contributed by atoms with van der Waals surface area (Å²) in [6.07, 6.45) is 2.54. The minimum absolute atomic E-state index is 0.474. The van der Waals surface area contributed by atoms with Gasteiger partial charge in [-0.1, -0.05) is 26.7 Å². The van der Waals surface area contributed by atoms with Crippen molar-refractivity contribution in [2.45, 2.75) is 39.7 Å². The zero-order chi connectivity index (χ0) is 11.3. The number of nitrogens with one attached hydrogen (secondary N) is 1. The lowest BCUT2D eigenvalue weighted by Crippen LogP contribution is -2.24. The van der Waals surface area contributed by atoms with Gasteiger partial charge in [0.05, 0.1) is 3.79 Å². The Bertz CT molecular complexity index is 281. The molecular weight excluding hydrogens is 270 g/mol. The van der Waals surface area contributed by atoms with Crippen LogP contribution in [-0.2, 0) is 0 Å². The van der Waals surface area contributed by atoms with Crippen molar-refractivity contribution >= 4 is 27.3 Å². The standard InChI is InChI=1S/C12H20BrNS/c1-4-10(5-2)8-14-9(3)11-6-7-12(13)15-11/h6-7,9-10,14H,4-5,8H2,1-3H3. The van der Waals surface area contributed by atoms with E-state index in [-0.39, 0.29) is 0 Å². The maximum absolute atomic E-state index is 3.60. The van der Waals surface area contributed by atoms with Crippen LogP contribution in [0.15, 0.2) is 15.9 Å². The van der Waals surface area contributed by atoms with Crippen LogP contribution in [0.5, 0.6) is 0 Å². The molecule has 3 heteroatoms. The first-order chi connectivity index (χ1) is 7.17. The van der Waals surface area contributed by atoms with E-state index in [0.717, 1.165) is 12.5 Å². The minimum Gasteiger partial charge on any atom is -0.309 e. The maximum atomic E-state index is 3.60. The number of thiophene rings is 1. The highest BCUT2D eigenvalue weighted by molar-refractivity contribution is 9.11. The van der Waals surface area contributed by atoms with Gasteiger partial charge in [0.1, 0.15) is 0 Å². The quantitative estimate of drug-likeness (QED) is 0.807. The molecule has 1 rings (SSSR count). The number of hydrogen-bond donors (Lipinski definition) is 1. The highest BCUT2D eigenvalue weighted by Crippen LogP contribution is 2.27. The van der Waals surface area contributed by atoms with Crippen LogP contribution in [0.3, 0.4) is 0 Å². The summed E-state index contributed by atoms with van der Waals surface area (Å²) >= 11 is 5.32. The molecule has 0 saturated heterocycles. The monoisotopic (exact) mass is 289 g/mol. The van der Waals surface area contributed by atoms with Crippen LogP contribution in [0.25, 0.3) is 0 Å². The van der Waals surface area contributed by atoms with E-state index in [4.69, 9.17) is 0 Å². The summed E-state index contributed by atoms with van der Waals surface area (Å²) in [7, 11) is 0. The SMILES string of the molecule is CCC(CC)CNC(C)c1ccc(Br)s1. The lowest BCUT2D eigenvalue weighted by Gasteiger charge is -2.17. The molecule has 1 unspecified atom stereocenters. The second-order valence-corrected chi connectivity index (χ2v) is 6.45. The summed E-state index contributed by atoms with van der Waals surface area (Å²) in [6, 6.07) is 4.79. The van der Waals surface area contributed by atoms with Crippen molar-refractivity contribution in [3.63, 3.8) is 0 Å². The highest BCUT2D eigenvalue weighted by Gasteiger charge is 2.09. The van der Waals surface area contributed by atoms with E-state index in [1.54, 1.807) is 0 Å². The van der Waals surface area contributed by atoms with Crippen LogP contribution in [0, 0.1) is 5.92 Å². The van der Waals surface area contributed by atoms with Gasteiger partial charge in [0.15, 0.2) is 0 Å². The molecular formula is C12H20BrNS. The van der Waals surface area contributed by atoms with Gasteiger partial charge in [-0.05, 0) is 47.4 Å². The molecule has 0 spiro atoms. The van der Waals surface area contributed by atoms with E-state index in [9.17, 15) is 0 Å². The highest BCUT2D eigenvalue weighted by atomic mass is 79.9. The smallest absolute Gasteiger partial charge is 0.0701 e. The largest absolute Gasteiger partial charge is 0.309 e. The molecule has 15 heavy (non-hydrogen) atoms. The molecule has 0 bridgehead atoms. The van der Waals surface area contributed by atoms with Crippen molar-refractivity contribution in [1.29, 1.82) is 0 Å². The zero-order valence-corrected chi connectivity index (χ0v) is 12.1. The van der Waals surface area contributed by atoms with Crippen LogP contribution >= 0.6 is 27.3 Å². The van der Waals surface area contributed by atoms with E-state index >= 15 is 0 Å². The van der Waals surface area contributed by atoms with Gasteiger partial charge in [0, 0.05) is 10.9 Å². The number of halogens is 1. The summed E-state index contributed by atoms with van der Waals surface area (Å²) in [5.41, 5.74) is 0. The van der Waals surface area contributed by atoms with E-state index < -0.39 is 0 Å². The molecule has 1 nitrogen and oxygen atoms in total. The number of rotatable bonds is 6. The van der Waals surface area contributed by atoms with Gasteiger partial charge in [-0.3, -0.25) is 0 Å². The Morgan fingerprint density at radius 1 is 1.33 bits per heavy atom. The van der Waals surface area contributed by atoms with Crippen molar-refractivity contribution in [2.24, 2.45) is 5.92 Å². The topological polar surface area (TPSA) is 12.0 Å². The molecule has 1 heterocycles. The predicted molar refractivity (Wildman–Crippen MR) is 72.5 cm³/mol. The molecule has 0 radical (unpaired) electrons. The summed E-state index contributed by atoms with van der Waals surface area (Å²) in [5.74, 6) is 0.816. The maximum Gasteiger partial charge on any atom is 0.0701 e. The Hall–Kier alpha value is 0.140. The zero-order valence-electron chi connectivity index (χ0n) is 9.72. The summed E-state index contributed by atoms with van der Waals surface area (Å²) in [4.78, 5) is 1.41. The van der Waals surface area contributed by atoms with E-state index in [1.165, 1.54) is 21.5 Å². The molecule has 1 aromatic rings. The first kappa shape index (κ1) is 13.2. The van der Waals surface area contributed by atoms with E-state index in [2.05, 4.69) is 54.2 Å². The lowest BCUT2D eigenvalue weighted by atomic mass is 10.0. The molecule has 0 fully saturated rings. The normalized spacial score (nSPS) is 13.4. The van der Waals surface area contributed by atoms with Gasteiger partial charge in [-0.15, -0.1) is 11.3 Å². The van der Waals surface area contributed by atoms with Crippen molar-refractivity contribution in [2.75, 3.05) is 6.54 Å². The molecule has 0 aromatic carbocycles. The average Bonchev–Trinajstić information content (AvgIpc) is 2.66. The van der Waals surface area contributed by atoms with Gasteiger partial charge in [0.2, 0.25) is 0 Å².